The zero-order valence-corrected chi connectivity index (χ0v) is 21.5. The van der Waals surface area contributed by atoms with Crippen molar-refractivity contribution in [3.63, 3.8) is 0 Å². The molecule has 7 nitrogen and oxygen atoms in total. The Bertz CT molecular complexity index is 1870. The Balaban J connectivity index is 1.69. The maximum absolute atomic E-state index is 13.6. The molecule has 10 heteroatoms. The molecule has 3 heterocycles. The molecule has 3 aromatic carbocycles. The lowest BCUT2D eigenvalue weighted by molar-refractivity contribution is -0.137. The number of nitrogens with zero attached hydrogens (tertiary/aromatic N) is 7. The van der Waals surface area contributed by atoms with E-state index in [9.17, 15) is 13.2 Å². The Kier molecular flexibility index (Phi) is 5.64. The van der Waals surface area contributed by atoms with Crippen LogP contribution in [-0.2, 0) is 6.18 Å². The SMILES string of the molecule is Cc1nc(C)nc(-c2ccc(-n3c4ccccc4c4cc(C(F)(F)F)ccc43)c(-c3nc(C)nc(C)n3)c2)n1. The summed E-state index contributed by atoms with van der Waals surface area (Å²) in [7, 11) is 0. The van der Waals surface area contributed by atoms with Crippen molar-refractivity contribution in [2.45, 2.75) is 33.9 Å². The molecule has 0 N–H and O–H groups in total. The number of aromatic nitrogens is 7. The maximum Gasteiger partial charge on any atom is 0.416 e. The highest BCUT2D eigenvalue weighted by Gasteiger charge is 2.31. The normalized spacial score (nSPS) is 12.0. The summed E-state index contributed by atoms with van der Waals surface area (Å²) in [6.07, 6.45) is -4.45. The van der Waals surface area contributed by atoms with E-state index in [2.05, 4.69) is 29.9 Å². The van der Waals surface area contributed by atoms with E-state index in [0.29, 0.717) is 62.5 Å². The molecule has 0 aliphatic heterocycles. The van der Waals surface area contributed by atoms with E-state index in [4.69, 9.17) is 0 Å². The Hall–Kier alpha value is -4.73. The highest BCUT2D eigenvalue weighted by Crippen LogP contribution is 2.39. The molecule has 39 heavy (non-hydrogen) atoms. The van der Waals surface area contributed by atoms with Crippen LogP contribution in [0, 0.1) is 27.7 Å². The Morgan fingerprint density at radius 1 is 0.590 bits per heavy atom. The molecule has 0 saturated heterocycles. The van der Waals surface area contributed by atoms with Gasteiger partial charge in [0.05, 0.1) is 22.3 Å². The van der Waals surface area contributed by atoms with Crippen LogP contribution in [0.2, 0.25) is 0 Å². The fourth-order valence-corrected chi connectivity index (χ4v) is 4.94. The molecule has 3 aromatic heterocycles. The minimum Gasteiger partial charge on any atom is -0.309 e. The number of hydrogen-bond acceptors (Lipinski definition) is 6. The number of fused-ring (bicyclic) bond motifs is 3. The van der Waals surface area contributed by atoms with Crippen LogP contribution in [0.5, 0.6) is 0 Å². The van der Waals surface area contributed by atoms with Crippen LogP contribution in [0.3, 0.4) is 0 Å². The fraction of sp³-hybridized carbons (Fsp3) is 0.172. The lowest BCUT2D eigenvalue weighted by atomic mass is 10.1. The summed E-state index contributed by atoms with van der Waals surface area (Å²) >= 11 is 0. The average Bonchev–Trinajstić information content (AvgIpc) is 3.20. The fourth-order valence-electron chi connectivity index (χ4n) is 4.94. The quantitative estimate of drug-likeness (QED) is 0.255. The van der Waals surface area contributed by atoms with E-state index in [0.717, 1.165) is 17.1 Å². The van der Waals surface area contributed by atoms with Crippen molar-refractivity contribution in [2.75, 3.05) is 0 Å². The number of alkyl halides is 3. The summed E-state index contributed by atoms with van der Waals surface area (Å²) < 4.78 is 42.8. The molecule has 194 valence electrons. The third-order valence-electron chi connectivity index (χ3n) is 6.45. The zero-order valence-electron chi connectivity index (χ0n) is 21.5. The number of halogens is 3. The molecule has 0 saturated carbocycles. The third kappa shape index (κ3) is 4.37. The van der Waals surface area contributed by atoms with Gasteiger partial charge in [-0.15, -0.1) is 0 Å². The number of para-hydroxylation sites is 1. The number of hydrogen-bond donors (Lipinski definition) is 0. The van der Waals surface area contributed by atoms with Gasteiger partial charge in [-0.25, -0.2) is 29.9 Å². The minimum absolute atomic E-state index is 0.442. The smallest absolute Gasteiger partial charge is 0.309 e. The standard InChI is InChI=1S/C29H22F3N7/c1-15-33-16(2)36-27(35-15)19-9-11-26(23(13-19)28-37-17(3)34-18(4)38-28)39-24-8-6-5-7-21(24)22-14-20(29(30,31)32)10-12-25(22)39/h5-14H,1-4H3. The largest absolute Gasteiger partial charge is 0.416 e. The summed E-state index contributed by atoms with van der Waals surface area (Å²) in [6.45, 7) is 7.19. The molecule has 0 amide bonds. The van der Waals surface area contributed by atoms with Gasteiger partial charge in [0.25, 0.3) is 0 Å². The van der Waals surface area contributed by atoms with Gasteiger partial charge < -0.3 is 4.57 Å². The van der Waals surface area contributed by atoms with Crippen molar-refractivity contribution in [3.05, 3.63) is 89.5 Å². The van der Waals surface area contributed by atoms with E-state index >= 15 is 0 Å². The van der Waals surface area contributed by atoms with Gasteiger partial charge in [0.15, 0.2) is 11.6 Å². The summed E-state index contributed by atoms with van der Waals surface area (Å²) in [5.41, 5.74) is 2.80. The van der Waals surface area contributed by atoms with Crippen molar-refractivity contribution < 1.29 is 13.2 Å². The monoisotopic (exact) mass is 525 g/mol. The van der Waals surface area contributed by atoms with E-state index in [1.165, 1.54) is 12.1 Å². The van der Waals surface area contributed by atoms with Gasteiger partial charge in [-0.3, -0.25) is 0 Å². The second-order valence-electron chi connectivity index (χ2n) is 9.32. The van der Waals surface area contributed by atoms with Crippen molar-refractivity contribution in [1.82, 2.24) is 34.5 Å². The maximum atomic E-state index is 13.6. The summed E-state index contributed by atoms with van der Waals surface area (Å²) in [4.78, 5) is 26.8. The number of benzene rings is 3. The van der Waals surface area contributed by atoms with Gasteiger partial charge in [0, 0.05) is 21.9 Å². The molecule has 0 bridgehead atoms. The predicted molar refractivity (Wildman–Crippen MR) is 142 cm³/mol. The molecule has 0 radical (unpaired) electrons. The van der Waals surface area contributed by atoms with Crippen molar-refractivity contribution in [2.24, 2.45) is 0 Å². The number of aryl methyl sites for hydroxylation is 4. The lowest BCUT2D eigenvalue weighted by Gasteiger charge is -2.15. The molecular weight excluding hydrogens is 503 g/mol. The van der Waals surface area contributed by atoms with Crippen LogP contribution in [-0.4, -0.2) is 34.5 Å². The highest BCUT2D eigenvalue weighted by atomic mass is 19.4. The predicted octanol–water partition coefficient (Wildman–Crippen LogP) is 6.74. The molecule has 0 aliphatic rings. The summed E-state index contributed by atoms with van der Waals surface area (Å²) in [6, 6.07) is 16.9. The highest BCUT2D eigenvalue weighted by molar-refractivity contribution is 6.10. The van der Waals surface area contributed by atoms with E-state index in [1.54, 1.807) is 27.7 Å². The van der Waals surface area contributed by atoms with Crippen LogP contribution < -0.4 is 0 Å². The Morgan fingerprint density at radius 2 is 1.18 bits per heavy atom. The van der Waals surface area contributed by atoms with Gasteiger partial charge in [0.1, 0.15) is 23.3 Å². The second-order valence-corrected chi connectivity index (χ2v) is 9.32. The molecule has 0 atom stereocenters. The lowest BCUT2D eigenvalue weighted by Crippen LogP contribution is -2.05. The first-order chi connectivity index (χ1) is 18.6. The molecule has 0 unspecified atom stereocenters. The van der Waals surface area contributed by atoms with Crippen LogP contribution in [0.15, 0.2) is 60.7 Å². The van der Waals surface area contributed by atoms with Gasteiger partial charge in [-0.05, 0) is 70.2 Å². The first-order valence-corrected chi connectivity index (χ1v) is 12.2. The second kappa shape index (κ2) is 8.93. The topological polar surface area (TPSA) is 82.3 Å². The van der Waals surface area contributed by atoms with Crippen molar-refractivity contribution in [1.29, 1.82) is 0 Å². The average molecular weight is 526 g/mol. The minimum atomic E-state index is -4.45. The van der Waals surface area contributed by atoms with Crippen LogP contribution in [0.1, 0.15) is 28.9 Å². The zero-order chi connectivity index (χ0) is 27.5. The Morgan fingerprint density at radius 3 is 1.82 bits per heavy atom. The molecule has 6 aromatic rings. The van der Waals surface area contributed by atoms with Crippen molar-refractivity contribution in [3.8, 4) is 28.5 Å². The molecule has 6 rings (SSSR count). The van der Waals surface area contributed by atoms with Crippen LogP contribution in [0.4, 0.5) is 13.2 Å². The summed E-state index contributed by atoms with van der Waals surface area (Å²) in [5.74, 6) is 3.25. The Labute approximate surface area is 221 Å². The van der Waals surface area contributed by atoms with Gasteiger partial charge >= 0.3 is 6.18 Å². The van der Waals surface area contributed by atoms with E-state index in [-0.39, 0.29) is 0 Å². The molecule has 0 fully saturated rings. The first-order valence-electron chi connectivity index (χ1n) is 12.2. The molecule has 0 spiro atoms. The number of rotatable bonds is 3. The summed E-state index contributed by atoms with van der Waals surface area (Å²) in [5, 5.41) is 1.21. The van der Waals surface area contributed by atoms with Crippen molar-refractivity contribution >= 4 is 21.8 Å². The molecular formula is C29H22F3N7. The first kappa shape index (κ1) is 24.6. The molecule has 0 aliphatic carbocycles. The van der Waals surface area contributed by atoms with E-state index in [1.807, 2.05) is 47.0 Å². The van der Waals surface area contributed by atoms with Gasteiger partial charge in [-0.1, -0.05) is 18.2 Å². The van der Waals surface area contributed by atoms with E-state index < -0.39 is 11.7 Å². The van der Waals surface area contributed by atoms with Gasteiger partial charge in [0.2, 0.25) is 0 Å². The van der Waals surface area contributed by atoms with Crippen LogP contribution in [0.25, 0.3) is 50.3 Å². The van der Waals surface area contributed by atoms with Crippen LogP contribution >= 0.6 is 0 Å². The third-order valence-corrected chi connectivity index (χ3v) is 6.45. The van der Waals surface area contributed by atoms with Gasteiger partial charge in [-0.2, -0.15) is 13.2 Å².